The lowest BCUT2D eigenvalue weighted by Crippen LogP contribution is -2.41. The fraction of sp³-hybridized carbons (Fsp3) is 0.500. The molecule has 0 saturated carbocycles. The van der Waals surface area contributed by atoms with Crippen LogP contribution in [-0.2, 0) is 0 Å². The summed E-state index contributed by atoms with van der Waals surface area (Å²) in [7, 11) is 2.20. The van der Waals surface area contributed by atoms with Gasteiger partial charge in [0.15, 0.2) is 0 Å². The highest BCUT2D eigenvalue weighted by Gasteiger charge is 2.22. The van der Waals surface area contributed by atoms with Crippen molar-refractivity contribution in [2.45, 2.75) is 26.3 Å². The lowest BCUT2D eigenvalue weighted by atomic mass is 10.0. The minimum absolute atomic E-state index is 0.628. The van der Waals surface area contributed by atoms with Crippen molar-refractivity contribution < 1.29 is 0 Å². The molecule has 0 radical (unpaired) electrons. The van der Waals surface area contributed by atoms with Gasteiger partial charge < -0.3 is 10.2 Å². The molecule has 0 fully saturated rings. The fourth-order valence-electron chi connectivity index (χ4n) is 2.24. The number of hydrogen-bond acceptors (Lipinski definition) is 2. The van der Waals surface area contributed by atoms with Crippen LogP contribution in [0.3, 0.4) is 0 Å². The van der Waals surface area contributed by atoms with E-state index in [9.17, 15) is 0 Å². The van der Waals surface area contributed by atoms with Crippen molar-refractivity contribution in [2.24, 2.45) is 0 Å². The molecule has 1 aromatic rings. The number of anilines is 2. The zero-order chi connectivity index (χ0) is 10.1. The van der Waals surface area contributed by atoms with Crippen LogP contribution in [0.5, 0.6) is 0 Å². The monoisotopic (exact) mass is 190 g/mol. The van der Waals surface area contributed by atoms with E-state index in [4.69, 9.17) is 0 Å². The first-order chi connectivity index (χ1) is 6.74. The van der Waals surface area contributed by atoms with E-state index in [2.05, 4.69) is 49.3 Å². The molecule has 0 bridgehead atoms. The van der Waals surface area contributed by atoms with Crippen molar-refractivity contribution in [2.75, 3.05) is 23.8 Å². The SMILES string of the molecule is CCC1CNc2cccc(C)c2N1C. The number of hydrogen-bond donors (Lipinski definition) is 1. The zero-order valence-corrected chi connectivity index (χ0v) is 9.17. The van der Waals surface area contributed by atoms with E-state index < -0.39 is 0 Å². The number of nitrogens with zero attached hydrogens (tertiary/aromatic N) is 1. The van der Waals surface area contributed by atoms with E-state index in [1.807, 2.05) is 0 Å². The summed E-state index contributed by atoms with van der Waals surface area (Å²) in [5.74, 6) is 0. The highest BCUT2D eigenvalue weighted by molar-refractivity contribution is 5.75. The van der Waals surface area contributed by atoms with Crippen LogP contribution in [0.4, 0.5) is 11.4 Å². The molecule has 0 aliphatic carbocycles. The molecular weight excluding hydrogens is 172 g/mol. The number of likely N-dealkylation sites (N-methyl/N-ethyl adjacent to an activating group) is 1. The summed E-state index contributed by atoms with van der Waals surface area (Å²) in [6.45, 7) is 5.48. The van der Waals surface area contributed by atoms with Crippen LogP contribution >= 0.6 is 0 Å². The van der Waals surface area contributed by atoms with Gasteiger partial charge in [0, 0.05) is 19.6 Å². The molecule has 1 atom stereocenters. The van der Waals surface area contributed by atoms with Crippen molar-refractivity contribution in [1.29, 1.82) is 0 Å². The molecule has 76 valence electrons. The van der Waals surface area contributed by atoms with Gasteiger partial charge in [-0.15, -0.1) is 0 Å². The maximum Gasteiger partial charge on any atom is 0.0632 e. The van der Waals surface area contributed by atoms with Crippen molar-refractivity contribution in [3.05, 3.63) is 23.8 Å². The zero-order valence-electron chi connectivity index (χ0n) is 9.17. The molecular formula is C12H18N2. The van der Waals surface area contributed by atoms with Gasteiger partial charge in [0.25, 0.3) is 0 Å². The Labute approximate surface area is 85.9 Å². The quantitative estimate of drug-likeness (QED) is 0.732. The molecule has 0 amide bonds. The average molecular weight is 190 g/mol. The lowest BCUT2D eigenvalue weighted by molar-refractivity contribution is 0.621. The Bertz CT molecular complexity index is 333. The van der Waals surface area contributed by atoms with Crippen molar-refractivity contribution in [3.8, 4) is 0 Å². The molecule has 1 N–H and O–H groups in total. The van der Waals surface area contributed by atoms with Crippen LogP contribution in [0.15, 0.2) is 18.2 Å². The third-order valence-corrected chi connectivity index (χ3v) is 3.14. The highest BCUT2D eigenvalue weighted by atomic mass is 15.2. The summed E-state index contributed by atoms with van der Waals surface area (Å²) in [5.41, 5.74) is 4.00. The second kappa shape index (κ2) is 3.52. The molecule has 0 saturated heterocycles. The molecule has 2 heteroatoms. The summed E-state index contributed by atoms with van der Waals surface area (Å²) < 4.78 is 0. The van der Waals surface area contributed by atoms with Crippen LogP contribution in [0, 0.1) is 6.92 Å². The first-order valence-electron chi connectivity index (χ1n) is 5.30. The van der Waals surface area contributed by atoms with Crippen LogP contribution in [0.2, 0.25) is 0 Å². The third kappa shape index (κ3) is 1.35. The second-order valence-electron chi connectivity index (χ2n) is 4.02. The number of rotatable bonds is 1. The molecule has 1 heterocycles. The maximum atomic E-state index is 3.49. The predicted octanol–water partition coefficient (Wildman–Crippen LogP) is 2.64. The summed E-state index contributed by atoms with van der Waals surface area (Å²) in [5, 5.41) is 3.49. The van der Waals surface area contributed by atoms with Crippen molar-refractivity contribution in [3.63, 3.8) is 0 Å². The number of nitrogens with one attached hydrogen (secondary N) is 1. The third-order valence-electron chi connectivity index (χ3n) is 3.14. The Morgan fingerprint density at radius 1 is 1.50 bits per heavy atom. The molecule has 1 aliphatic rings. The van der Waals surface area contributed by atoms with Gasteiger partial charge in [-0.3, -0.25) is 0 Å². The predicted molar refractivity (Wildman–Crippen MR) is 62.2 cm³/mol. The van der Waals surface area contributed by atoms with E-state index >= 15 is 0 Å². The smallest absolute Gasteiger partial charge is 0.0632 e. The highest BCUT2D eigenvalue weighted by Crippen LogP contribution is 2.33. The summed E-state index contributed by atoms with van der Waals surface area (Å²) in [6, 6.07) is 7.07. The Morgan fingerprint density at radius 2 is 2.29 bits per heavy atom. The Kier molecular flexibility index (Phi) is 2.36. The molecule has 1 aliphatic heterocycles. The molecule has 0 aromatic heterocycles. The van der Waals surface area contributed by atoms with Crippen molar-refractivity contribution >= 4 is 11.4 Å². The van der Waals surface area contributed by atoms with Gasteiger partial charge in [-0.1, -0.05) is 19.1 Å². The summed E-state index contributed by atoms with van der Waals surface area (Å²) in [4.78, 5) is 2.40. The van der Waals surface area contributed by atoms with Gasteiger partial charge in [-0.25, -0.2) is 0 Å². The molecule has 2 nitrogen and oxygen atoms in total. The molecule has 0 spiro atoms. The first kappa shape index (κ1) is 9.38. The van der Waals surface area contributed by atoms with Crippen LogP contribution < -0.4 is 10.2 Å². The lowest BCUT2D eigenvalue weighted by Gasteiger charge is -2.37. The number of fused-ring (bicyclic) bond motifs is 1. The first-order valence-corrected chi connectivity index (χ1v) is 5.30. The van der Waals surface area contributed by atoms with E-state index in [0.29, 0.717) is 6.04 Å². The minimum atomic E-state index is 0.628. The summed E-state index contributed by atoms with van der Waals surface area (Å²) in [6.07, 6.45) is 1.19. The Morgan fingerprint density at radius 3 is 3.00 bits per heavy atom. The van der Waals surface area contributed by atoms with Gasteiger partial charge in [0.2, 0.25) is 0 Å². The van der Waals surface area contributed by atoms with E-state index in [1.54, 1.807) is 0 Å². The number of para-hydroxylation sites is 1. The Balaban J connectivity index is 2.43. The van der Waals surface area contributed by atoms with Crippen LogP contribution in [-0.4, -0.2) is 19.6 Å². The normalized spacial score (nSPS) is 20.2. The largest absolute Gasteiger partial charge is 0.381 e. The second-order valence-corrected chi connectivity index (χ2v) is 4.02. The number of benzene rings is 1. The average Bonchev–Trinajstić information content (AvgIpc) is 2.18. The molecule has 1 unspecified atom stereocenters. The van der Waals surface area contributed by atoms with Crippen molar-refractivity contribution in [1.82, 2.24) is 0 Å². The standard InChI is InChI=1S/C12H18N2/c1-4-10-8-13-11-7-5-6-9(2)12(11)14(10)3/h5-7,10,13H,4,8H2,1-3H3. The molecule has 2 rings (SSSR count). The van der Waals surface area contributed by atoms with Gasteiger partial charge in [-0.2, -0.15) is 0 Å². The number of aryl methyl sites for hydroxylation is 1. The van der Waals surface area contributed by atoms with Gasteiger partial charge >= 0.3 is 0 Å². The minimum Gasteiger partial charge on any atom is -0.381 e. The van der Waals surface area contributed by atoms with Gasteiger partial charge in [0.1, 0.15) is 0 Å². The topological polar surface area (TPSA) is 15.3 Å². The van der Waals surface area contributed by atoms with E-state index in [-0.39, 0.29) is 0 Å². The van der Waals surface area contributed by atoms with Crippen LogP contribution in [0.1, 0.15) is 18.9 Å². The van der Waals surface area contributed by atoms with Gasteiger partial charge in [-0.05, 0) is 25.0 Å². The summed E-state index contributed by atoms with van der Waals surface area (Å²) >= 11 is 0. The van der Waals surface area contributed by atoms with Crippen LogP contribution in [0.25, 0.3) is 0 Å². The van der Waals surface area contributed by atoms with Gasteiger partial charge in [0.05, 0.1) is 11.4 Å². The fourth-order valence-corrected chi connectivity index (χ4v) is 2.24. The molecule has 1 aromatic carbocycles. The molecule has 14 heavy (non-hydrogen) atoms. The Hall–Kier alpha value is -1.18. The maximum absolute atomic E-state index is 3.49. The van der Waals surface area contributed by atoms with E-state index in [1.165, 1.54) is 23.4 Å². The van der Waals surface area contributed by atoms with E-state index in [0.717, 1.165) is 6.54 Å².